The maximum absolute atomic E-state index is 11.7. The van der Waals surface area contributed by atoms with Gasteiger partial charge in [0.1, 0.15) is 6.54 Å². The molecule has 0 atom stereocenters. The average Bonchev–Trinajstić information content (AvgIpc) is 2.66. The topological polar surface area (TPSA) is 84.6 Å². The van der Waals surface area contributed by atoms with Crippen LogP contribution in [0.25, 0.3) is 0 Å². The summed E-state index contributed by atoms with van der Waals surface area (Å²) in [6, 6.07) is 11.6. The van der Waals surface area contributed by atoms with Crippen LogP contribution in [-0.2, 0) is 4.79 Å². The molecule has 2 aromatic carbocycles. The summed E-state index contributed by atoms with van der Waals surface area (Å²) in [5, 5.41) is 13.5. The number of carbonyl (C=O) groups is 1. The molecule has 2 aromatic rings. The number of carbonyl (C=O) groups excluding carboxylic acids is 1. The van der Waals surface area contributed by atoms with Crippen LogP contribution in [-0.4, -0.2) is 23.1 Å². The number of nitrogens with one attached hydrogen (secondary N) is 1. The molecule has 0 fully saturated rings. The molecule has 0 saturated heterocycles. The molecular weight excluding hydrogens is 350 g/mol. The van der Waals surface area contributed by atoms with Crippen LogP contribution in [0.4, 0.5) is 11.4 Å². The van der Waals surface area contributed by atoms with Crippen LogP contribution in [0.15, 0.2) is 51.9 Å². The molecule has 110 valence electrons. The normalized spacial score (nSPS) is 13.7. The van der Waals surface area contributed by atoms with Gasteiger partial charge in [-0.15, -0.1) is 0 Å². The second-order valence-corrected chi connectivity index (χ2v) is 5.62. The Kier molecular flexibility index (Phi) is 3.72. The van der Waals surface area contributed by atoms with Crippen molar-refractivity contribution in [3.05, 3.63) is 68.2 Å². The zero-order valence-electron chi connectivity index (χ0n) is 11.2. The number of amides is 1. The van der Waals surface area contributed by atoms with E-state index in [1.54, 1.807) is 18.2 Å². The molecule has 0 unspecified atom stereocenters. The van der Waals surface area contributed by atoms with Crippen LogP contribution >= 0.6 is 15.9 Å². The van der Waals surface area contributed by atoms with Crippen molar-refractivity contribution in [1.82, 2.24) is 0 Å². The molecule has 0 radical (unpaired) electrons. The molecule has 1 aliphatic heterocycles. The summed E-state index contributed by atoms with van der Waals surface area (Å²) < 4.78 is 0.858. The SMILES string of the molecule is O=C1CN=C(c2ccc([N+](=O)[O-])cc2)c2cc(Br)ccc2N1. The molecule has 3 rings (SSSR count). The minimum atomic E-state index is -0.450. The van der Waals surface area contributed by atoms with Crippen molar-refractivity contribution in [3.8, 4) is 0 Å². The Hall–Kier alpha value is -2.54. The summed E-state index contributed by atoms with van der Waals surface area (Å²) >= 11 is 3.40. The molecule has 6 nitrogen and oxygen atoms in total. The van der Waals surface area contributed by atoms with Gasteiger partial charge < -0.3 is 5.32 Å². The third kappa shape index (κ3) is 2.75. The molecule has 0 aliphatic carbocycles. The molecule has 0 aromatic heterocycles. The van der Waals surface area contributed by atoms with Gasteiger partial charge in [-0.25, -0.2) is 0 Å². The molecule has 7 heteroatoms. The standard InChI is InChI=1S/C15H10BrN3O3/c16-10-3-6-13-12(7-10)15(17-8-14(20)18-13)9-1-4-11(5-2-9)19(21)22/h1-7H,8H2,(H,18,20). The zero-order chi connectivity index (χ0) is 15.7. The number of nitro benzene ring substituents is 1. The Morgan fingerprint density at radius 3 is 2.59 bits per heavy atom. The molecule has 1 aliphatic rings. The summed E-state index contributed by atoms with van der Waals surface area (Å²) in [6.07, 6.45) is 0. The predicted octanol–water partition coefficient (Wildman–Crippen LogP) is 3.15. The number of hydrogen-bond acceptors (Lipinski definition) is 4. The molecule has 1 heterocycles. The maximum atomic E-state index is 11.7. The Balaban J connectivity index is 2.11. The third-order valence-corrected chi connectivity index (χ3v) is 3.74. The van der Waals surface area contributed by atoms with Crippen molar-refractivity contribution < 1.29 is 9.72 Å². The highest BCUT2D eigenvalue weighted by molar-refractivity contribution is 9.10. The number of rotatable bonds is 2. The number of nitro groups is 1. The predicted molar refractivity (Wildman–Crippen MR) is 86.4 cm³/mol. The molecule has 0 spiro atoms. The minimum Gasteiger partial charge on any atom is -0.324 e. The van der Waals surface area contributed by atoms with Crippen LogP contribution in [0.1, 0.15) is 11.1 Å². The van der Waals surface area contributed by atoms with Crippen LogP contribution in [0, 0.1) is 10.1 Å². The van der Waals surface area contributed by atoms with Crippen molar-refractivity contribution >= 4 is 38.9 Å². The summed E-state index contributed by atoms with van der Waals surface area (Å²) in [5.41, 5.74) is 2.81. The Labute approximate surface area is 134 Å². The maximum Gasteiger partial charge on any atom is 0.269 e. The number of hydrogen-bond donors (Lipinski definition) is 1. The molecule has 0 bridgehead atoms. The minimum absolute atomic E-state index is 0.0125. The Bertz CT molecular complexity index is 800. The number of aliphatic imine (C=N–C) groups is 1. The van der Waals surface area contributed by atoms with Gasteiger partial charge in [-0.3, -0.25) is 19.9 Å². The van der Waals surface area contributed by atoms with Crippen LogP contribution in [0.3, 0.4) is 0 Å². The third-order valence-electron chi connectivity index (χ3n) is 3.24. The molecule has 0 saturated carbocycles. The van der Waals surface area contributed by atoms with Gasteiger partial charge in [0.15, 0.2) is 0 Å². The van der Waals surface area contributed by atoms with Gasteiger partial charge in [0.25, 0.3) is 5.69 Å². The van der Waals surface area contributed by atoms with Gasteiger partial charge in [-0.2, -0.15) is 0 Å². The van der Waals surface area contributed by atoms with E-state index in [0.717, 1.165) is 15.6 Å². The average molecular weight is 360 g/mol. The first kappa shape index (κ1) is 14.4. The highest BCUT2D eigenvalue weighted by Gasteiger charge is 2.18. The monoisotopic (exact) mass is 359 g/mol. The van der Waals surface area contributed by atoms with E-state index in [0.29, 0.717) is 11.4 Å². The number of anilines is 1. The van der Waals surface area contributed by atoms with E-state index >= 15 is 0 Å². The number of nitrogens with zero attached hydrogens (tertiary/aromatic N) is 2. The number of benzene rings is 2. The Morgan fingerprint density at radius 2 is 1.91 bits per heavy atom. The van der Waals surface area contributed by atoms with Crippen molar-refractivity contribution in [1.29, 1.82) is 0 Å². The van der Waals surface area contributed by atoms with Crippen molar-refractivity contribution in [2.45, 2.75) is 0 Å². The first-order valence-electron chi connectivity index (χ1n) is 6.43. The fourth-order valence-corrected chi connectivity index (χ4v) is 2.60. The van der Waals surface area contributed by atoms with E-state index in [2.05, 4.69) is 26.2 Å². The second-order valence-electron chi connectivity index (χ2n) is 4.71. The van der Waals surface area contributed by atoms with Crippen LogP contribution < -0.4 is 5.32 Å². The smallest absolute Gasteiger partial charge is 0.269 e. The molecule has 1 amide bonds. The number of fused-ring (bicyclic) bond motifs is 1. The van der Waals surface area contributed by atoms with E-state index in [9.17, 15) is 14.9 Å². The quantitative estimate of drug-likeness (QED) is 0.660. The van der Waals surface area contributed by atoms with Gasteiger partial charge in [0.2, 0.25) is 5.91 Å². The Morgan fingerprint density at radius 1 is 1.18 bits per heavy atom. The van der Waals surface area contributed by atoms with Crippen molar-refractivity contribution in [3.63, 3.8) is 0 Å². The zero-order valence-corrected chi connectivity index (χ0v) is 12.8. The summed E-state index contributed by atoms with van der Waals surface area (Å²) in [5.74, 6) is -0.194. The van der Waals surface area contributed by atoms with E-state index in [-0.39, 0.29) is 18.1 Å². The van der Waals surface area contributed by atoms with Crippen LogP contribution in [0.2, 0.25) is 0 Å². The lowest BCUT2D eigenvalue weighted by Gasteiger charge is -2.10. The first-order valence-corrected chi connectivity index (χ1v) is 7.23. The van der Waals surface area contributed by atoms with Gasteiger partial charge in [0.05, 0.1) is 16.3 Å². The fraction of sp³-hybridized carbons (Fsp3) is 0.0667. The van der Waals surface area contributed by atoms with E-state index in [4.69, 9.17) is 0 Å². The van der Waals surface area contributed by atoms with Crippen LogP contribution in [0.5, 0.6) is 0 Å². The van der Waals surface area contributed by atoms with Gasteiger partial charge in [-0.1, -0.05) is 15.9 Å². The van der Waals surface area contributed by atoms with Gasteiger partial charge in [0, 0.05) is 27.7 Å². The fourth-order valence-electron chi connectivity index (χ4n) is 2.23. The molecule has 1 N–H and O–H groups in total. The number of benzodiazepines with no additional fused rings is 1. The lowest BCUT2D eigenvalue weighted by atomic mass is 10.0. The lowest BCUT2D eigenvalue weighted by molar-refractivity contribution is -0.384. The van der Waals surface area contributed by atoms with Crippen molar-refractivity contribution in [2.75, 3.05) is 11.9 Å². The lowest BCUT2D eigenvalue weighted by Crippen LogP contribution is -2.13. The molecule has 22 heavy (non-hydrogen) atoms. The highest BCUT2D eigenvalue weighted by atomic mass is 79.9. The molecular formula is C15H10BrN3O3. The van der Waals surface area contributed by atoms with Crippen molar-refractivity contribution in [2.24, 2.45) is 4.99 Å². The second kappa shape index (κ2) is 5.69. The largest absolute Gasteiger partial charge is 0.324 e. The van der Waals surface area contributed by atoms with E-state index < -0.39 is 4.92 Å². The number of non-ortho nitro benzene ring substituents is 1. The summed E-state index contributed by atoms with van der Waals surface area (Å²) in [7, 11) is 0. The van der Waals surface area contributed by atoms with Gasteiger partial charge >= 0.3 is 0 Å². The highest BCUT2D eigenvalue weighted by Crippen LogP contribution is 2.26. The summed E-state index contributed by atoms with van der Waals surface area (Å²) in [4.78, 5) is 26.4. The number of halogens is 1. The summed E-state index contributed by atoms with van der Waals surface area (Å²) in [6.45, 7) is 0.0125. The van der Waals surface area contributed by atoms with E-state index in [1.807, 2.05) is 12.1 Å². The first-order chi connectivity index (χ1) is 10.5. The van der Waals surface area contributed by atoms with E-state index in [1.165, 1.54) is 12.1 Å². The van der Waals surface area contributed by atoms with Gasteiger partial charge in [-0.05, 0) is 30.3 Å².